The van der Waals surface area contributed by atoms with Crippen LogP contribution in [0.3, 0.4) is 0 Å². The number of nitrogens with one attached hydrogen (secondary N) is 1. The molecule has 1 rings (SSSR count). The topological polar surface area (TPSA) is 97.8 Å². The molecule has 0 amide bonds. The Balaban J connectivity index is 3.19. The summed E-state index contributed by atoms with van der Waals surface area (Å²) in [6.07, 6.45) is 1.49. The van der Waals surface area contributed by atoms with Gasteiger partial charge >= 0.3 is 0 Å². The van der Waals surface area contributed by atoms with Gasteiger partial charge in [-0.1, -0.05) is 13.3 Å². The van der Waals surface area contributed by atoms with Crippen LogP contribution in [0.15, 0.2) is 4.79 Å². The Morgan fingerprint density at radius 2 is 2.17 bits per heavy atom. The zero-order chi connectivity index (χ0) is 9.14. The standard InChI is InChI=1S/C7H12N4O/c1-2-3-4-5(8)10-7(9)11-6(4)12/h2-3H2,1H3,(H5,8,9,10,11,12). The minimum Gasteiger partial charge on any atom is -0.383 e. The van der Waals surface area contributed by atoms with Crippen LogP contribution in [-0.4, -0.2) is 9.97 Å². The lowest BCUT2D eigenvalue weighted by Gasteiger charge is -2.01. The lowest BCUT2D eigenvalue weighted by Crippen LogP contribution is -2.18. The van der Waals surface area contributed by atoms with Gasteiger partial charge in [0.25, 0.3) is 5.56 Å². The molecule has 0 radical (unpaired) electrons. The molecule has 5 nitrogen and oxygen atoms in total. The average molecular weight is 168 g/mol. The minimum atomic E-state index is -0.234. The second kappa shape index (κ2) is 3.25. The Morgan fingerprint density at radius 1 is 1.50 bits per heavy atom. The molecule has 66 valence electrons. The third-order valence-electron chi connectivity index (χ3n) is 1.57. The summed E-state index contributed by atoms with van der Waals surface area (Å²) in [6.45, 7) is 1.97. The van der Waals surface area contributed by atoms with Gasteiger partial charge in [-0.2, -0.15) is 4.98 Å². The highest BCUT2D eigenvalue weighted by Gasteiger charge is 2.05. The third-order valence-corrected chi connectivity index (χ3v) is 1.57. The predicted octanol–water partition coefficient (Wildman–Crippen LogP) is -0.113. The normalized spacial score (nSPS) is 10.1. The summed E-state index contributed by atoms with van der Waals surface area (Å²) in [4.78, 5) is 17.3. The maximum atomic E-state index is 11.2. The summed E-state index contributed by atoms with van der Waals surface area (Å²) in [5, 5.41) is 0. The van der Waals surface area contributed by atoms with Crippen molar-refractivity contribution in [2.75, 3.05) is 11.5 Å². The minimum absolute atomic E-state index is 0.0670. The molecule has 12 heavy (non-hydrogen) atoms. The number of aromatic nitrogens is 2. The van der Waals surface area contributed by atoms with Gasteiger partial charge in [0.1, 0.15) is 5.82 Å². The maximum Gasteiger partial charge on any atom is 0.257 e. The van der Waals surface area contributed by atoms with E-state index in [1.54, 1.807) is 0 Å². The van der Waals surface area contributed by atoms with E-state index in [4.69, 9.17) is 11.5 Å². The van der Waals surface area contributed by atoms with E-state index < -0.39 is 0 Å². The summed E-state index contributed by atoms with van der Waals surface area (Å²) < 4.78 is 0. The number of nitrogens with two attached hydrogens (primary N) is 2. The Hall–Kier alpha value is -1.52. The van der Waals surface area contributed by atoms with Gasteiger partial charge in [-0.15, -0.1) is 0 Å². The van der Waals surface area contributed by atoms with Crippen molar-refractivity contribution in [1.29, 1.82) is 0 Å². The van der Waals surface area contributed by atoms with Crippen molar-refractivity contribution in [3.63, 3.8) is 0 Å². The molecule has 0 bridgehead atoms. The number of hydrogen-bond acceptors (Lipinski definition) is 4. The number of aromatic amines is 1. The largest absolute Gasteiger partial charge is 0.383 e. The lowest BCUT2D eigenvalue weighted by molar-refractivity contribution is 0.893. The Bertz CT molecular complexity index is 331. The first-order chi connectivity index (χ1) is 5.65. The first kappa shape index (κ1) is 8.58. The number of nitrogen functional groups attached to an aromatic ring is 2. The van der Waals surface area contributed by atoms with Gasteiger partial charge in [-0.3, -0.25) is 9.78 Å². The summed E-state index contributed by atoms with van der Waals surface area (Å²) in [7, 11) is 0. The van der Waals surface area contributed by atoms with Crippen molar-refractivity contribution in [2.45, 2.75) is 19.8 Å². The molecule has 0 fully saturated rings. The van der Waals surface area contributed by atoms with Crippen LogP contribution in [-0.2, 0) is 6.42 Å². The first-order valence-electron chi connectivity index (χ1n) is 3.79. The molecular formula is C7H12N4O. The summed E-state index contributed by atoms with van der Waals surface area (Å²) in [6, 6.07) is 0. The maximum absolute atomic E-state index is 11.2. The highest BCUT2D eigenvalue weighted by Crippen LogP contribution is 2.05. The van der Waals surface area contributed by atoms with E-state index >= 15 is 0 Å². The summed E-state index contributed by atoms with van der Waals surface area (Å²) in [5.74, 6) is 0.301. The molecule has 0 spiro atoms. The van der Waals surface area contributed by atoms with Crippen molar-refractivity contribution in [3.05, 3.63) is 15.9 Å². The molecule has 0 aromatic carbocycles. The second-order valence-electron chi connectivity index (χ2n) is 2.56. The summed E-state index contributed by atoms with van der Waals surface area (Å²) >= 11 is 0. The molecular weight excluding hydrogens is 156 g/mol. The predicted molar refractivity (Wildman–Crippen MR) is 47.7 cm³/mol. The van der Waals surface area contributed by atoms with Crippen LogP contribution in [0.1, 0.15) is 18.9 Å². The van der Waals surface area contributed by atoms with Crippen molar-refractivity contribution in [1.82, 2.24) is 9.97 Å². The molecule has 0 atom stereocenters. The van der Waals surface area contributed by atoms with Gasteiger partial charge < -0.3 is 11.5 Å². The zero-order valence-electron chi connectivity index (χ0n) is 6.92. The summed E-state index contributed by atoms with van der Waals surface area (Å²) in [5.41, 5.74) is 11.1. The fraction of sp³-hybridized carbons (Fsp3) is 0.429. The number of nitrogens with zero attached hydrogens (tertiary/aromatic N) is 1. The molecule has 0 saturated carbocycles. The molecule has 1 aromatic rings. The Labute approximate surface area is 69.8 Å². The van der Waals surface area contributed by atoms with Crippen molar-refractivity contribution >= 4 is 11.8 Å². The lowest BCUT2D eigenvalue weighted by atomic mass is 10.2. The Kier molecular flexibility index (Phi) is 2.32. The molecule has 5 N–H and O–H groups in total. The molecule has 0 saturated heterocycles. The van der Waals surface area contributed by atoms with Crippen LogP contribution in [0, 0.1) is 0 Å². The SMILES string of the molecule is CCCc1c(N)nc(N)[nH]c1=O. The van der Waals surface area contributed by atoms with Crippen LogP contribution >= 0.6 is 0 Å². The monoisotopic (exact) mass is 168 g/mol. The molecule has 1 heterocycles. The third kappa shape index (κ3) is 1.55. The van der Waals surface area contributed by atoms with Gasteiger partial charge in [0, 0.05) is 0 Å². The van der Waals surface area contributed by atoms with E-state index in [1.807, 2.05) is 6.92 Å². The molecule has 1 aromatic heterocycles. The van der Waals surface area contributed by atoms with Gasteiger partial charge in [0.05, 0.1) is 5.56 Å². The number of hydrogen-bond donors (Lipinski definition) is 3. The van der Waals surface area contributed by atoms with Crippen molar-refractivity contribution < 1.29 is 0 Å². The molecule has 0 unspecified atom stereocenters. The highest BCUT2D eigenvalue weighted by atomic mass is 16.1. The van der Waals surface area contributed by atoms with E-state index in [-0.39, 0.29) is 17.3 Å². The number of rotatable bonds is 2. The first-order valence-corrected chi connectivity index (χ1v) is 3.79. The van der Waals surface area contributed by atoms with Crippen molar-refractivity contribution in [2.24, 2.45) is 0 Å². The number of H-pyrrole nitrogens is 1. The van der Waals surface area contributed by atoms with Crippen LogP contribution in [0.4, 0.5) is 11.8 Å². The highest BCUT2D eigenvalue weighted by molar-refractivity contribution is 5.41. The van der Waals surface area contributed by atoms with Gasteiger partial charge in [-0.05, 0) is 6.42 Å². The van der Waals surface area contributed by atoms with E-state index in [0.29, 0.717) is 12.0 Å². The molecule has 0 aliphatic carbocycles. The fourth-order valence-electron chi connectivity index (χ4n) is 1.02. The van der Waals surface area contributed by atoms with Gasteiger partial charge in [-0.25, -0.2) is 0 Å². The zero-order valence-corrected chi connectivity index (χ0v) is 6.92. The molecule has 5 heteroatoms. The Morgan fingerprint density at radius 3 is 2.67 bits per heavy atom. The van der Waals surface area contributed by atoms with Crippen LogP contribution in [0.5, 0.6) is 0 Å². The van der Waals surface area contributed by atoms with Crippen molar-refractivity contribution in [3.8, 4) is 0 Å². The van der Waals surface area contributed by atoms with Crippen LogP contribution in [0.2, 0.25) is 0 Å². The smallest absolute Gasteiger partial charge is 0.257 e. The van der Waals surface area contributed by atoms with E-state index in [0.717, 1.165) is 6.42 Å². The average Bonchev–Trinajstić information content (AvgIpc) is 1.96. The van der Waals surface area contributed by atoms with Gasteiger partial charge in [0.2, 0.25) is 5.95 Å². The quantitative estimate of drug-likeness (QED) is 0.573. The van der Waals surface area contributed by atoms with Crippen LogP contribution in [0.25, 0.3) is 0 Å². The van der Waals surface area contributed by atoms with E-state index in [2.05, 4.69) is 9.97 Å². The number of anilines is 2. The molecule has 0 aliphatic rings. The fourth-order valence-corrected chi connectivity index (χ4v) is 1.02. The van der Waals surface area contributed by atoms with E-state index in [1.165, 1.54) is 0 Å². The molecule has 0 aliphatic heterocycles. The second-order valence-corrected chi connectivity index (χ2v) is 2.56. The van der Waals surface area contributed by atoms with E-state index in [9.17, 15) is 4.79 Å². The van der Waals surface area contributed by atoms with Gasteiger partial charge in [0.15, 0.2) is 0 Å². The van der Waals surface area contributed by atoms with Crippen LogP contribution < -0.4 is 17.0 Å².